The highest BCUT2D eigenvalue weighted by Crippen LogP contribution is 2.09. The maximum atomic E-state index is 4.07. The Hall–Kier alpha value is -0.340. The fraction of sp³-hybridized carbons (Fsp3) is 0.833. The van der Waals surface area contributed by atoms with Gasteiger partial charge >= 0.3 is 0 Å². The molecule has 84 valence electrons. The van der Waals surface area contributed by atoms with Gasteiger partial charge in [0.1, 0.15) is 0 Å². The zero-order valence-corrected chi connectivity index (χ0v) is 10.3. The van der Waals surface area contributed by atoms with Gasteiger partial charge in [0.05, 0.1) is 0 Å². The van der Waals surface area contributed by atoms with E-state index in [9.17, 15) is 0 Å². The molecule has 0 fully saturated rings. The molecule has 0 aliphatic heterocycles. The topological polar surface area (TPSA) is 15.3 Å². The normalized spacial score (nSPS) is 13.2. The van der Waals surface area contributed by atoms with Crippen molar-refractivity contribution in [1.82, 2.24) is 10.2 Å². The van der Waals surface area contributed by atoms with Crippen LogP contribution in [-0.4, -0.2) is 38.1 Å². The number of nitrogens with zero attached hydrogens (tertiary/aromatic N) is 1. The van der Waals surface area contributed by atoms with Gasteiger partial charge in [-0.3, -0.25) is 0 Å². The molecule has 0 aromatic heterocycles. The van der Waals surface area contributed by atoms with Crippen molar-refractivity contribution in [3.05, 3.63) is 12.2 Å². The quantitative estimate of drug-likeness (QED) is 0.602. The predicted molar refractivity (Wildman–Crippen MR) is 64.7 cm³/mol. The van der Waals surface area contributed by atoms with Crippen molar-refractivity contribution < 1.29 is 0 Å². The van der Waals surface area contributed by atoms with Crippen LogP contribution in [0.5, 0.6) is 0 Å². The minimum Gasteiger partial charge on any atom is -0.314 e. The van der Waals surface area contributed by atoms with Crippen molar-refractivity contribution in [3.8, 4) is 0 Å². The molecule has 0 spiro atoms. The zero-order chi connectivity index (χ0) is 11.0. The fourth-order valence-corrected chi connectivity index (χ4v) is 1.47. The highest BCUT2D eigenvalue weighted by atomic mass is 15.1. The van der Waals surface area contributed by atoms with Gasteiger partial charge in [-0.05, 0) is 46.4 Å². The van der Waals surface area contributed by atoms with Gasteiger partial charge in [0.25, 0.3) is 0 Å². The Morgan fingerprint density at radius 3 is 2.43 bits per heavy atom. The first-order valence-electron chi connectivity index (χ1n) is 5.64. The van der Waals surface area contributed by atoms with E-state index in [-0.39, 0.29) is 0 Å². The first-order valence-corrected chi connectivity index (χ1v) is 5.64. The smallest absolute Gasteiger partial charge is 0.0116 e. The highest BCUT2D eigenvalue weighted by Gasteiger charge is 2.08. The molecule has 1 unspecified atom stereocenters. The van der Waals surface area contributed by atoms with Crippen LogP contribution in [0.2, 0.25) is 0 Å². The van der Waals surface area contributed by atoms with E-state index >= 15 is 0 Å². The second kappa shape index (κ2) is 8.01. The van der Waals surface area contributed by atoms with Crippen LogP contribution in [0.25, 0.3) is 0 Å². The fourth-order valence-electron chi connectivity index (χ4n) is 1.47. The van der Waals surface area contributed by atoms with Crippen LogP contribution in [0.1, 0.15) is 33.1 Å². The summed E-state index contributed by atoms with van der Waals surface area (Å²) >= 11 is 0. The molecule has 0 aliphatic carbocycles. The summed E-state index contributed by atoms with van der Waals surface area (Å²) < 4.78 is 0. The summed E-state index contributed by atoms with van der Waals surface area (Å²) in [6, 6.07) is 0.606. The van der Waals surface area contributed by atoms with Crippen molar-refractivity contribution in [2.24, 2.45) is 0 Å². The standard InChI is InChI=1S/C12H26N2/c1-6-11(3)10-12(13-7-2)8-9-14(4)5/h12-13H,3,6-10H2,1-2,4-5H3. The molecule has 0 aliphatic rings. The van der Waals surface area contributed by atoms with Crippen LogP contribution < -0.4 is 5.32 Å². The average molecular weight is 198 g/mol. The van der Waals surface area contributed by atoms with Gasteiger partial charge in [0, 0.05) is 6.04 Å². The Kier molecular flexibility index (Phi) is 7.81. The number of hydrogen-bond donors (Lipinski definition) is 1. The molecule has 0 saturated carbocycles. The Balaban J connectivity index is 3.82. The molecule has 0 aromatic rings. The largest absolute Gasteiger partial charge is 0.314 e. The molecule has 0 bridgehead atoms. The van der Waals surface area contributed by atoms with Gasteiger partial charge in [0.2, 0.25) is 0 Å². The SMILES string of the molecule is C=C(CC)CC(CCN(C)C)NCC. The van der Waals surface area contributed by atoms with Crippen molar-refractivity contribution in [3.63, 3.8) is 0 Å². The summed E-state index contributed by atoms with van der Waals surface area (Å²) in [6.07, 6.45) is 3.43. The molecule has 1 atom stereocenters. The second-order valence-electron chi connectivity index (χ2n) is 4.15. The molecule has 0 amide bonds. The lowest BCUT2D eigenvalue weighted by atomic mass is 10.0. The van der Waals surface area contributed by atoms with E-state index in [0.29, 0.717) is 6.04 Å². The predicted octanol–water partition coefficient (Wildman–Crippen LogP) is 2.27. The second-order valence-corrected chi connectivity index (χ2v) is 4.15. The van der Waals surface area contributed by atoms with Gasteiger partial charge in [-0.2, -0.15) is 0 Å². The van der Waals surface area contributed by atoms with E-state index in [0.717, 1.165) is 25.9 Å². The molecule has 0 heterocycles. The van der Waals surface area contributed by atoms with Gasteiger partial charge < -0.3 is 10.2 Å². The molecular formula is C12H26N2. The van der Waals surface area contributed by atoms with Gasteiger partial charge in [-0.1, -0.05) is 26.0 Å². The van der Waals surface area contributed by atoms with E-state index in [1.807, 2.05) is 0 Å². The molecule has 2 nitrogen and oxygen atoms in total. The average Bonchev–Trinajstić information content (AvgIpc) is 2.14. The van der Waals surface area contributed by atoms with E-state index in [1.54, 1.807) is 0 Å². The molecule has 0 radical (unpaired) electrons. The van der Waals surface area contributed by atoms with Gasteiger partial charge in [-0.15, -0.1) is 0 Å². The van der Waals surface area contributed by atoms with Crippen LogP contribution in [0.3, 0.4) is 0 Å². The van der Waals surface area contributed by atoms with Crippen molar-refractivity contribution in [1.29, 1.82) is 0 Å². The third-order valence-corrected chi connectivity index (χ3v) is 2.45. The molecular weight excluding hydrogens is 172 g/mol. The Bertz CT molecular complexity index is 152. The Labute approximate surface area is 89.4 Å². The van der Waals surface area contributed by atoms with Crippen LogP contribution in [0.4, 0.5) is 0 Å². The minimum absolute atomic E-state index is 0.606. The summed E-state index contributed by atoms with van der Waals surface area (Å²) in [5, 5.41) is 3.52. The third-order valence-electron chi connectivity index (χ3n) is 2.45. The summed E-state index contributed by atoms with van der Waals surface area (Å²) in [5.74, 6) is 0. The molecule has 1 N–H and O–H groups in total. The third kappa shape index (κ3) is 7.10. The Morgan fingerprint density at radius 2 is 2.00 bits per heavy atom. The summed E-state index contributed by atoms with van der Waals surface area (Å²) in [7, 11) is 4.25. The summed E-state index contributed by atoms with van der Waals surface area (Å²) in [5.41, 5.74) is 1.36. The summed E-state index contributed by atoms with van der Waals surface area (Å²) in [6.45, 7) is 10.6. The molecule has 0 rings (SSSR count). The van der Waals surface area contributed by atoms with Crippen molar-refractivity contribution >= 4 is 0 Å². The van der Waals surface area contributed by atoms with Gasteiger partial charge in [0.15, 0.2) is 0 Å². The summed E-state index contributed by atoms with van der Waals surface area (Å²) in [4.78, 5) is 2.24. The maximum Gasteiger partial charge on any atom is 0.0116 e. The molecule has 14 heavy (non-hydrogen) atoms. The molecule has 2 heteroatoms. The Morgan fingerprint density at radius 1 is 1.36 bits per heavy atom. The van der Waals surface area contributed by atoms with E-state index in [2.05, 4.69) is 44.7 Å². The highest BCUT2D eigenvalue weighted by molar-refractivity contribution is 4.96. The lowest BCUT2D eigenvalue weighted by molar-refractivity contribution is 0.358. The van der Waals surface area contributed by atoms with E-state index < -0.39 is 0 Å². The van der Waals surface area contributed by atoms with Crippen LogP contribution in [-0.2, 0) is 0 Å². The first kappa shape index (κ1) is 13.7. The van der Waals surface area contributed by atoms with Crippen LogP contribution in [0, 0.1) is 0 Å². The van der Waals surface area contributed by atoms with Gasteiger partial charge in [-0.25, -0.2) is 0 Å². The number of rotatable bonds is 8. The monoisotopic (exact) mass is 198 g/mol. The van der Waals surface area contributed by atoms with Crippen molar-refractivity contribution in [2.45, 2.75) is 39.2 Å². The minimum atomic E-state index is 0.606. The lowest BCUT2D eigenvalue weighted by Gasteiger charge is -2.20. The lowest BCUT2D eigenvalue weighted by Crippen LogP contribution is -2.32. The molecule has 0 aromatic carbocycles. The first-order chi connectivity index (χ1) is 6.60. The number of nitrogens with one attached hydrogen (secondary N) is 1. The maximum absolute atomic E-state index is 4.07. The van der Waals surface area contributed by atoms with E-state index in [1.165, 1.54) is 12.0 Å². The van der Waals surface area contributed by atoms with Crippen LogP contribution >= 0.6 is 0 Å². The van der Waals surface area contributed by atoms with E-state index in [4.69, 9.17) is 0 Å². The number of hydrogen-bond acceptors (Lipinski definition) is 2. The zero-order valence-electron chi connectivity index (χ0n) is 10.3. The van der Waals surface area contributed by atoms with Crippen molar-refractivity contribution in [2.75, 3.05) is 27.2 Å². The molecule has 0 saturated heterocycles. The van der Waals surface area contributed by atoms with Crippen LogP contribution in [0.15, 0.2) is 12.2 Å².